The third-order valence-electron chi connectivity index (χ3n) is 4.00. The fourth-order valence-electron chi connectivity index (χ4n) is 2.58. The lowest BCUT2D eigenvalue weighted by atomic mass is 10.1. The van der Waals surface area contributed by atoms with Gasteiger partial charge in [-0.3, -0.25) is 14.9 Å². The molecule has 0 spiro atoms. The lowest BCUT2D eigenvalue weighted by Crippen LogP contribution is -2.14. The summed E-state index contributed by atoms with van der Waals surface area (Å²) >= 11 is 1.29. The van der Waals surface area contributed by atoms with Gasteiger partial charge in [0.25, 0.3) is 5.69 Å². The summed E-state index contributed by atoms with van der Waals surface area (Å²) in [5.74, 6) is 0.646. The molecule has 9 heteroatoms. The Morgan fingerprint density at radius 3 is 2.71 bits per heavy atom. The Labute approximate surface area is 165 Å². The average Bonchev–Trinajstić information content (AvgIpc) is 3.07. The molecule has 0 aliphatic rings. The van der Waals surface area contributed by atoms with E-state index in [1.807, 2.05) is 35.9 Å². The number of rotatable bonds is 7. The van der Waals surface area contributed by atoms with E-state index >= 15 is 0 Å². The Morgan fingerprint density at radius 1 is 1.29 bits per heavy atom. The number of amides is 1. The van der Waals surface area contributed by atoms with E-state index in [9.17, 15) is 14.9 Å². The highest BCUT2D eigenvalue weighted by atomic mass is 32.2. The normalized spacial score (nSPS) is 10.5. The fraction of sp³-hybridized carbons (Fsp3) is 0.158. The molecule has 1 heterocycles. The molecule has 8 nitrogen and oxygen atoms in total. The summed E-state index contributed by atoms with van der Waals surface area (Å²) in [6.07, 6.45) is 1.75. The number of hydrogen-bond donors (Lipinski definition) is 1. The maximum Gasteiger partial charge on any atom is 0.271 e. The number of carbonyl (C=O) groups is 1. The van der Waals surface area contributed by atoms with E-state index in [4.69, 9.17) is 4.74 Å². The maximum atomic E-state index is 12.2. The lowest BCUT2D eigenvalue weighted by molar-refractivity contribution is -0.384. The zero-order chi connectivity index (χ0) is 20.1. The molecule has 1 N–H and O–H groups in total. The Bertz CT molecular complexity index is 1000. The first-order chi connectivity index (χ1) is 13.5. The zero-order valence-electron chi connectivity index (χ0n) is 15.3. The number of nitro groups is 1. The minimum Gasteiger partial charge on any atom is -0.497 e. The number of carbonyl (C=O) groups excluding carboxylic acids is 1. The monoisotopic (exact) mass is 398 g/mol. The van der Waals surface area contributed by atoms with Crippen molar-refractivity contribution >= 4 is 29.0 Å². The minimum atomic E-state index is -0.501. The Morgan fingerprint density at radius 2 is 2.04 bits per heavy atom. The molecule has 0 bridgehead atoms. The number of methoxy groups -OCH3 is 1. The molecular weight excluding hydrogens is 380 g/mol. The van der Waals surface area contributed by atoms with Crippen LogP contribution in [0.25, 0.3) is 11.3 Å². The number of imidazole rings is 1. The van der Waals surface area contributed by atoms with Gasteiger partial charge in [-0.1, -0.05) is 17.8 Å². The second-order valence-electron chi connectivity index (χ2n) is 5.86. The highest BCUT2D eigenvalue weighted by Crippen LogP contribution is 2.26. The van der Waals surface area contributed by atoms with Gasteiger partial charge in [0, 0.05) is 30.4 Å². The molecule has 3 aromatic rings. The van der Waals surface area contributed by atoms with Crippen molar-refractivity contribution in [3.63, 3.8) is 0 Å². The summed E-state index contributed by atoms with van der Waals surface area (Å²) in [7, 11) is 3.50. The minimum absolute atomic E-state index is 0.0707. The topological polar surface area (TPSA) is 99.3 Å². The average molecular weight is 398 g/mol. The molecule has 0 aliphatic carbocycles. The highest BCUT2D eigenvalue weighted by molar-refractivity contribution is 7.99. The van der Waals surface area contributed by atoms with Gasteiger partial charge >= 0.3 is 0 Å². The third kappa shape index (κ3) is 4.49. The quantitative estimate of drug-likeness (QED) is 0.370. The van der Waals surface area contributed by atoms with E-state index in [1.54, 1.807) is 19.4 Å². The van der Waals surface area contributed by atoms with Crippen LogP contribution < -0.4 is 10.1 Å². The van der Waals surface area contributed by atoms with Crippen molar-refractivity contribution in [3.8, 4) is 17.0 Å². The SMILES string of the molecule is COc1ccc(-c2cnc(SCC(=O)Nc3cccc([N+](=O)[O-])c3)n2C)cc1. The Kier molecular flexibility index (Phi) is 5.95. The highest BCUT2D eigenvalue weighted by Gasteiger charge is 2.12. The summed E-state index contributed by atoms with van der Waals surface area (Å²) in [6.45, 7) is 0. The smallest absolute Gasteiger partial charge is 0.271 e. The number of hydrogen-bond acceptors (Lipinski definition) is 6. The first kappa shape index (κ1) is 19.4. The molecule has 0 fully saturated rings. The molecule has 0 atom stereocenters. The molecule has 1 aromatic heterocycles. The van der Waals surface area contributed by atoms with E-state index < -0.39 is 4.92 Å². The molecular formula is C19H18N4O4S. The van der Waals surface area contributed by atoms with Crippen LogP contribution in [0.15, 0.2) is 59.9 Å². The molecule has 3 rings (SSSR count). The molecule has 144 valence electrons. The van der Waals surface area contributed by atoms with Crippen molar-refractivity contribution in [1.82, 2.24) is 9.55 Å². The van der Waals surface area contributed by atoms with Gasteiger partial charge < -0.3 is 14.6 Å². The number of nitrogens with one attached hydrogen (secondary N) is 1. The number of non-ortho nitro benzene ring substituents is 1. The molecule has 0 aliphatic heterocycles. The molecule has 0 radical (unpaired) electrons. The predicted molar refractivity (Wildman–Crippen MR) is 108 cm³/mol. The van der Waals surface area contributed by atoms with Crippen molar-refractivity contribution in [2.45, 2.75) is 5.16 Å². The predicted octanol–water partition coefficient (Wildman–Crippen LogP) is 3.73. The summed E-state index contributed by atoms with van der Waals surface area (Å²) in [6, 6.07) is 13.5. The third-order valence-corrected chi connectivity index (χ3v) is 5.05. The second-order valence-corrected chi connectivity index (χ2v) is 6.80. The summed E-state index contributed by atoms with van der Waals surface area (Å²) in [5.41, 5.74) is 2.23. The number of benzene rings is 2. The van der Waals surface area contributed by atoms with E-state index in [0.29, 0.717) is 10.8 Å². The Hall–Kier alpha value is -3.33. The lowest BCUT2D eigenvalue weighted by Gasteiger charge is -2.07. The van der Waals surface area contributed by atoms with Crippen molar-refractivity contribution in [1.29, 1.82) is 0 Å². The van der Waals surface area contributed by atoms with Crippen LogP contribution in [0.5, 0.6) is 5.75 Å². The van der Waals surface area contributed by atoms with Gasteiger partial charge in [-0.2, -0.15) is 0 Å². The number of nitrogens with zero attached hydrogens (tertiary/aromatic N) is 3. The zero-order valence-corrected chi connectivity index (χ0v) is 16.1. The van der Waals surface area contributed by atoms with Crippen LogP contribution in [0.1, 0.15) is 0 Å². The molecule has 0 unspecified atom stereocenters. The summed E-state index contributed by atoms with van der Waals surface area (Å²) in [5, 5.41) is 14.2. The van der Waals surface area contributed by atoms with Crippen LogP contribution in [0.2, 0.25) is 0 Å². The number of anilines is 1. The van der Waals surface area contributed by atoms with Gasteiger partial charge in [-0.05, 0) is 30.3 Å². The van der Waals surface area contributed by atoms with Crippen LogP contribution in [0.4, 0.5) is 11.4 Å². The number of ether oxygens (including phenoxy) is 1. The molecule has 28 heavy (non-hydrogen) atoms. The fourth-order valence-corrected chi connectivity index (χ4v) is 3.33. The Balaban J connectivity index is 1.63. The van der Waals surface area contributed by atoms with Gasteiger partial charge in [0.15, 0.2) is 5.16 Å². The van der Waals surface area contributed by atoms with Gasteiger partial charge in [-0.25, -0.2) is 4.98 Å². The first-order valence-corrected chi connectivity index (χ1v) is 9.29. The number of nitro benzene ring substituents is 1. The van der Waals surface area contributed by atoms with E-state index in [0.717, 1.165) is 17.0 Å². The van der Waals surface area contributed by atoms with E-state index in [2.05, 4.69) is 10.3 Å². The van der Waals surface area contributed by atoms with Gasteiger partial charge in [0.1, 0.15) is 5.75 Å². The molecule has 0 saturated heterocycles. The summed E-state index contributed by atoms with van der Waals surface area (Å²) < 4.78 is 7.08. The van der Waals surface area contributed by atoms with Crippen LogP contribution in [-0.2, 0) is 11.8 Å². The van der Waals surface area contributed by atoms with Crippen molar-refractivity contribution in [2.24, 2.45) is 7.05 Å². The van der Waals surface area contributed by atoms with Crippen molar-refractivity contribution < 1.29 is 14.5 Å². The van der Waals surface area contributed by atoms with Crippen LogP contribution in [0.3, 0.4) is 0 Å². The number of aromatic nitrogens is 2. The maximum absolute atomic E-state index is 12.2. The van der Waals surface area contributed by atoms with E-state index in [-0.39, 0.29) is 17.3 Å². The first-order valence-electron chi connectivity index (χ1n) is 8.31. The molecule has 1 amide bonds. The van der Waals surface area contributed by atoms with Gasteiger partial charge in [-0.15, -0.1) is 0 Å². The summed E-state index contributed by atoms with van der Waals surface area (Å²) in [4.78, 5) is 26.9. The van der Waals surface area contributed by atoms with Crippen molar-refractivity contribution in [3.05, 3.63) is 64.8 Å². The van der Waals surface area contributed by atoms with Crippen LogP contribution in [-0.4, -0.2) is 33.2 Å². The largest absolute Gasteiger partial charge is 0.497 e. The van der Waals surface area contributed by atoms with Crippen molar-refractivity contribution in [2.75, 3.05) is 18.2 Å². The molecule has 0 saturated carbocycles. The van der Waals surface area contributed by atoms with Crippen LogP contribution >= 0.6 is 11.8 Å². The van der Waals surface area contributed by atoms with Gasteiger partial charge in [0.2, 0.25) is 5.91 Å². The van der Waals surface area contributed by atoms with Gasteiger partial charge in [0.05, 0.1) is 29.7 Å². The molecule has 2 aromatic carbocycles. The number of thioether (sulfide) groups is 1. The van der Waals surface area contributed by atoms with E-state index in [1.165, 1.54) is 30.0 Å². The van der Waals surface area contributed by atoms with Crippen LogP contribution in [0, 0.1) is 10.1 Å². The standard InChI is InChI=1S/C19H18N4O4S/c1-22-17(13-6-8-16(27-2)9-7-13)11-20-19(22)28-12-18(24)21-14-4-3-5-15(10-14)23(25)26/h3-11H,12H2,1-2H3,(H,21,24). The second kappa shape index (κ2) is 8.57.